The third kappa shape index (κ3) is 4.56. The summed E-state index contributed by atoms with van der Waals surface area (Å²) < 4.78 is 5.23. The molecule has 0 radical (unpaired) electrons. The summed E-state index contributed by atoms with van der Waals surface area (Å²) in [7, 11) is 1.57. The second-order valence-electron chi connectivity index (χ2n) is 8.82. The molecule has 3 saturated heterocycles. The van der Waals surface area contributed by atoms with Crippen molar-refractivity contribution in [2.45, 2.75) is 51.1 Å². The number of piperidine rings is 2. The first-order valence-corrected chi connectivity index (χ1v) is 11.2. The van der Waals surface area contributed by atoms with E-state index in [0.29, 0.717) is 30.6 Å². The van der Waals surface area contributed by atoms with E-state index in [1.807, 2.05) is 17.0 Å². The third-order valence-corrected chi connectivity index (χ3v) is 6.88. The van der Waals surface area contributed by atoms with E-state index in [0.717, 1.165) is 70.5 Å². The molecule has 2 amide bonds. The normalized spacial score (nSPS) is 25.0. The van der Waals surface area contributed by atoms with E-state index in [9.17, 15) is 14.7 Å². The number of phenolic OH excluding ortho intramolecular Hbond substituents is 1. The summed E-state index contributed by atoms with van der Waals surface area (Å²) >= 11 is 0. The van der Waals surface area contributed by atoms with Gasteiger partial charge < -0.3 is 19.6 Å². The summed E-state index contributed by atoms with van der Waals surface area (Å²) in [5.74, 6) is 1.71. The predicted octanol–water partition coefficient (Wildman–Crippen LogP) is 2.23. The van der Waals surface area contributed by atoms with Gasteiger partial charge in [-0.15, -0.1) is 0 Å². The molecule has 3 aliphatic heterocycles. The fraction of sp³-hybridized carbons (Fsp3) is 0.652. The topological polar surface area (TPSA) is 73.3 Å². The van der Waals surface area contributed by atoms with Crippen LogP contribution in [0.3, 0.4) is 0 Å². The standard InChI is InChI=1S/C23H33N3O4/c1-30-21-14-17(5-7-20(21)27)15-24-13-9-19-18(16-24)6-8-23(29)26(19)12-3-11-25-10-2-4-22(25)28/h5,7,14,18-19,27H,2-4,6,8-13,15-16H2,1H3/t18-,19+/m0/s1. The molecular weight excluding hydrogens is 382 g/mol. The number of hydrogen-bond acceptors (Lipinski definition) is 5. The van der Waals surface area contributed by atoms with Crippen LogP contribution in [0.2, 0.25) is 0 Å². The number of amides is 2. The van der Waals surface area contributed by atoms with E-state index in [1.54, 1.807) is 13.2 Å². The molecule has 3 fully saturated rings. The quantitative estimate of drug-likeness (QED) is 0.739. The van der Waals surface area contributed by atoms with Crippen molar-refractivity contribution in [3.8, 4) is 11.5 Å². The Morgan fingerprint density at radius 2 is 1.97 bits per heavy atom. The average Bonchev–Trinajstić information content (AvgIpc) is 3.15. The number of benzene rings is 1. The van der Waals surface area contributed by atoms with Crippen molar-refractivity contribution in [2.75, 3.05) is 39.8 Å². The Morgan fingerprint density at radius 3 is 2.73 bits per heavy atom. The number of carbonyl (C=O) groups excluding carboxylic acids is 2. The van der Waals surface area contributed by atoms with Gasteiger partial charge >= 0.3 is 0 Å². The van der Waals surface area contributed by atoms with E-state index < -0.39 is 0 Å². The Balaban J connectivity index is 1.32. The molecule has 7 heteroatoms. The van der Waals surface area contributed by atoms with Gasteiger partial charge in [-0.3, -0.25) is 14.5 Å². The monoisotopic (exact) mass is 415 g/mol. The Bertz CT molecular complexity index is 784. The van der Waals surface area contributed by atoms with Crippen LogP contribution in [0.25, 0.3) is 0 Å². The van der Waals surface area contributed by atoms with Gasteiger partial charge in [0.05, 0.1) is 7.11 Å². The molecule has 0 aliphatic carbocycles. The second kappa shape index (κ2) is 9.25. The fourth-order valence-electron chi connectivity index (χ4n) is 5.31. The highest BCUT2D eigenvalue weighted by molar-refractivity contribution is 5.78. The van der Waals surface area contributed by atoms with Crippen LogP contribution in [0.1, 0.15) is 44.1 Å². The van der Waals surface area contributed by atoms with Gasteiger partial charge in [0, 0.05) is 58.2 Å². The molecule has 2 atom stereocenters. The van der Waals surface area contributed by atoms with E-state index >= 15 is 0 Å². The lowest BCUT2D eigenvalue weighted by Crippen LogP contribution is -2.56. The summed E-state index contributed by atoms with van der Waals surface area (Å²) in [6.45, 7) is 5.18. The fourth-order valence-corrected chi connectivity index (χ4v) is 5.31. The Morgan fingerprint density at radius 1 is 1.10 bits per heavy atom. The lowest BCUT2D eigenvalue weighted by Gasteiger charge is -2.47. The minimum absolute atomic E-state index is 0.164. The number of rotatable bonds is 7. The van der Waals surface area contributed by atoms with E-state index in [4.69, 9.17) is 4.74 Å². The van der Waals surface area contributed by atoms with Gasteiger partial charge in [-0.05, 0) is 49.3 Å². The van der Waals surface area contributed by atoms with Gasteiger partial charge in [0.2, 0.25) is 11.8 Å². The van der Waals surface area contributed by atoms with Crippen molar-refractivity contribution in [3.63, 3.8) is 0 Å². The number of fused-ring (bicyclic) bond motifs is 1. The molecule has 0 unspecified atom stereocenters. The van der Waals surface area contributed by atoms with Crippen molar-refractivity contribution in [1.29, 1.82) is 0 Å². The van der Waals surface area contributed by atoms with Gasteiger partial charge in [0.1, 0.15) is 0 Å². The highest BCUT2D eigenvalue weighted by atomic mass is 16.5. The van der Waals surface area contributed by atoms with Crippen molar-refractivity contribution in [1.82, 2.24) is 14.7 Å². The van der Waals surface area contributed by atoms with Crippen LogP contribution in [-0.4, -0.2) is 77.5 Å². The summed E-state index contributed by atoms with van der Waals surface area (Å²) in [6, 6.07) is 5.86. The molecule has 0 saturated carbocycles. The maximum absolute atomic E-state index is 12.6. The lowest BCUT2D eigenvalue weighted by molar-refractivity contribution is -0.141. The molecule has 3 heterocycles. The number of aromatic hydroxyl groups is 1. The van der Waals surface area contributed by atoms with Gasteiger partial charge in [0.25, 0.3) is 0 Å². The molecule has 164 valence electrons. The van der Waals surface area contributed by atoms with Gasteiger partial charge in [-0.1, -0.05) is 6.07 Å². The number of hydrogen-bond donors (Lipinski definition) is 1. The highest BCUT2D eigenvalue weighted by Gasteiger charge is 2.39. The van der Waals surface area contributed by atoms with Crippen LogP contribution >= 0.6 is 0 Å². The molecule has 0 aromatic heterocycles. The Kier molecular flexibility index (Phi) is 6.46. The first-order chi connectivity index (χ1) is 14.5. The summed E-state index contributed by atoms with van der Waals surface area (Å²) in [5, 5.41) is 9.81. The highest BCUT2D eigenvalue weighted by Crippen LogP contribution is 2.33. The SMILES string of the molecule is COc1cc(CN2CC[C@@H]3[C@@H](CCC(=O)N3CCCN3CCCC3=O)C2)ccc1O. The maximum Gasteiger partial charge on any atom is 0.222 e. The number of phenols is 1. The van der Waals surface area contributed by atoms with Crippen molar-refractivity contribution >= 4 is 11.8 Å². The van der Waals surface area contributed by atoms with Crippen LogP contribution in [0, 0.1) is 5.92 Å². The Hall–Kier alpha value is -2.28. The zero-order valence-electron chi connectivity index (χ0n) is 17.9. The number of carbonyl (C=O) groups is 2. The van der Waals surface area contributed by atoms with Gasteiger partial charge in [-0.25, -0.2) is 0 Å². The molecule has 3 aliphatic rings. The zero-order valence-corrected chi connectivity index (χ0v) is 17.9. The molecule has 0 bridgehead atoms. The average molecular weight is 416 g/mol. The molecule has 1 aromatic rings. The van der Waals surface area contributed by atoms with Crippen molar-refractivity contribution in [2.24, 2.45) is 5.92 Å². The number of nitrogens with zero attached hydrogens (tertiary/aromatic N) is 3. The molecular formula is C23H33N3O4. The van der Waals surface area contributed by atoms with Crippen molar-refractivity contribution in [3.05, 3.63) is 23.8 Å². The van der Waals surface area contributed by atoms with E-state index in [1.165, 1.54) is 0 Å². The first kappa shape index (κ1) is 21.0. The summed E-state index contributed by atoms with van der Waals surface area (Å²) in [6.07, 6.45) is 5.10. The minimum Gasteiger partial charge on any atom is -0.504 e. The van der Waals surface area contributed by atoms with Crippen LogP contribution in [0.5, 0.6) is 11.5 Å². The maximum atomic E-state index is 12.6. The largest absolute Gasteiger partial charge is 0.504 e. The van der Waals surface area contributed by atoms with Crippen LogP contribution in [-0.2, 0) is 16.1 Å². The minimum atomic E-state index is 0.164. The van der Waals surface area contributed by atoms with Gasteiger partial charge in [-0.2, -0.15) is 0 Å². The number of methoxy groups -OCH3 is 1. The number of ether oxygens (including phenoxy) is 1. The summed E-state index contributed by atoms with van der Waals surface area (Å²) in [5.41, 5.74) is 1.13. The third-order valence-electron chi connectivity index (χ3n) is 6.88. The van der Waals surface area contributed by atoms with Crippen molar-refractivity contribution < 1.29 is 19.4 Å². The molecule has 0 spiro atoms. The lowest BCUT2D eigenvalue weighted by atomic mass is 9.83. The van der Waals surface area contributed by atoms with Crippen LogP contribution in [0.4, 0.5) is 0 Å². The molecule has 1 N–H and O–H groups in total. The van der Waals surface area contributed by atoms with Crippen LogP contribution in [0.15, 0.2) is 18.2 Å². The zero-order chi connectivity index (χ0) is 21.1. The molecule has 4 rings (SSSR count). The summed E-state index contributed by atoms with van der Waals surface area (Å²) in [4.78, 5) is 30.9. The van der Waals surface area contributed by atoms with Crippen LogP contribution < -0.4 is 4.74 Å². The number of likely N-dealkylation sites (tertiary alicyclic amines) is 3. The molecule has 1 aromatic carbocycles. The van der Waals surface area contributed by atoms with E-state index in [2.05, 4.69) is 9.80 Å². The first-order valence-electron chi connectivity index (χ1n) is 11.2. The smallest absolute Gasteiger partial charge is 0.222 e. The molecule has 30 heavy (non-hydrogen) atoms. The second-order valence-corrected chi connectivity index (χ2v) is 8.82. The predicted molar refractivity (Wildman–Crippen MR) is 113 cm³/mol. The van der Waals surface area contributed by atoms with E-state index in [-0.39, 0.29) is 17.6 Å². The molecule has 7 nitrogen and oxygen atoms in total. The Labute approximate surface area is 178 Å². The van der Waals surface area contributed by atoms with Gasteiger partial charge in [0.15, 0.2) is 11.5 Å².